The van der Waals surface area contributed by atoms with Gasteiger partial charge in [-0.2, -0.15) is 0 Å². The highest BCUT2D eigenvalue weighted by Crippen LogP contribution is 2.29. The highest BCUT2D eigenvalue weighted by molar-refractivity contribution is 7.99. The number of aliphatic hydroxyl groups is 3. The first-order valence-electron chi connectivity index (χ1n) is 9.83. The predicted molar refractivity (Wildman–Crippen MR) is 117 cm³/mol. The van der Waals surface area contributed by atoms with Crippen LogP contribution in [-0.2, 0) is 6.42 Å². The molecule has 0 bridgehead atoms. The van der Waals surface area contributed by atoms with Crippen molar-refractivity contribution in [1.29, 1.82) is 0 Å². The number of aliphatic hydroxyl groups excluding tert-OH is 3. The van der Waals surface area contributed by atoms with Crippen molar-refractivity contribution in [1.82, 2.24) is 25.0 Å². The van der Waals surface area contributed by atoms with Crippen LogP contribution < -0.4 is 5.32 Å². The van der Waals surface area contributed by atoms with Crippen LogP contribution in [0.5, 0.6) is 0 Å². The van der Waals surface area contributed by atoms with Gasteiger partial charge in [-0.1, -0.05) is 42.1 Å². The maximum atomic E-state index is 10.5. The van der Waals surface area contributed by atoms with Gasteiger partial charge in [-0.15, -0.1) is 16.4 Å². The molecule has 9 nitrogen and oxygen atoms in total. The average molecular weight is 449 g/mol. The van der Waals surface area contributed by atoms with Crippen LogP contribution in [0.4, 0.5) is 5.82 Å². The van der Waals surface area contributed by atoms with Gasteiger partial charge in [0.15, 0.2) is 22.1 Å². The van der Waals surface area contributed by atoms with Gasteiger partial charge in [0.2, 0.25) is 0 Å². The third kappa shape index (κ3) is 4.35. The summed E-state index contributed by atoms with van der Waals surface area (Å²) in [6.07, 6.45) is 1.25. The smallest absolute Gasteiger partial charge is 0.191 e. The van der Waals surface area contributed by atoms with Gasteiger partial charge in [0.25, 0.3) is 0 Å². The third-order valence-electron chi connectivity index (χ3n) is 4.82. The quantitative estimate of drug-likeness (QED) is 0.231. The molecule has 11 heteroatoms. The minimum Gasteiger partial charge on any atom is -0.388 e. The standard InChI is InChI=1S/C19H24N6O3S2/c1-2-9-30-19-21-17(20-8-7-11-4-3-10-29-11)14-18(22-19)25(24-23-14)12-5-6-13(26)16(28)15(12)27/h3-6,10,12-13,15-16,26-28H,2,7-9H2,1H3,(H,20,21,22)/t12?,13-,15-,16+/m0/s1. The Kier molecular flexibility index (Phi) is 6.64. The van der Waals surface area contributed by atoms with Crippen molar-refractivity contribution in [3.05, 3.63) is 34.5 Å². The van der Waals surface area contributed by atoms with Crippen molar-refractivity contribution >= 4 is 40.1 Å². The van der Waals surface area contributed by atoms with Gasteiger partial charge in [0.05, 0.1) is 0 Å². The summed E-state index contributed by atoms with van der Waals surface area (Å²) in [7, 11) is 0. The highest BCUT2D eigenvalue weighted by Gasteiger charge is 2.35. The molecule has 0 saturated carbocycles. The molecule has 1 unspecified atom stereocenters. The number of thioether (sulfide) groups is 1. The molecule has 3 aromatic rings. The van der Waals surface area contributed by atoms with Gasteiger partial charge in [-0.25, -0.2) is 14.6 Å². The summed E-state index contributed by atoms with van der Waals surface area (Å²) in [6.45, 7) is 2.78. The highest BCUT2D eigenvalue weighted by atomic mass is 32.2. The van der Waals surface area contributed by atoms with Crippen LogP contribution in [0.3, 0.4) is 0 Å². The van der Waals surface area contributed by atoms with E-state index in [-0.39, 0.29) is 0 Å². The summed E-state index contributed by atoms with van der Waals surface area (Å²) in [5, 5.41) is 44.7. The average Bonchev–Trinajstić information content (AvgIpc) is 3.41. The molecule has 160 valence electrons. The summed E-state index contributed by atoms with van der Waals surface area (Å²) in [4.78, 5) is 10.5. The molecule has 1 aliphatic carbocycles. The number of nitrogens with zero attached hydrogens (tertiary/aromatic N) is 5. The number of rotatable bonds is 8. The molecule has 0 radical (unpaired) electrons. The van der Waals surface area contributed by atoms with Crippen molar-refractivity contribution < 1.29 is 15.3 Å². The van der Waals surface area contributed by atoms with Crippen molar-refractivity contribution in [2.45, 2.75) is 49.3 Å². The molecule has 30 heavy (non-hydrogen) atoms. The molecule has 1 aliphatic rings. The van der Waals surface area contributed by atoms with Gasteiger partial charge < -0.3 is 20.6 Å². The SMILES string of the molecule is CCCSc1nc(NCCc2cccs2)c2nnn(C3C=C[C@H](O)[C@@H](O)[C@H]3O)c2n1. The molecule has 0 fully saturated rings. The van der Waals surface area contributed by atoms with E-state index in [4.69, 9.17) is 0 Å². The Balaban J connectivity index is 1.66. The number of aromatic nitrogens is 5. The lowest BCUT2D eigenvalue weighted by molar-refractivity contribution is -0.0636. The van der Waals surface area contributed by atoms with E-state index in [0.29, 0.717) is 28.7 Å². The van der Waals surface area contributed by atoms with E-state index in [0.717, 1.165) is 18.6 Å². The fourth-order valence-electron chi connectivity index (χ4n) is 3.24. The van der Waals surface area contributed by atoms with Crippen LogP contribution in [0.15, 0.2) is 34.8 Å². The van der Waals surface area contributed by atoms with Gasteiger partial charge in [-0.05, 0) is 24.3 Å². The molecule has 0 spiro atoms. The van der Waals surface area contributed by atoms with Crippen LogP contribution >= 0.6 is 23.1 Å². The number of thiophene rings is 1. The number of fused-ring (bicyclic) bond motifs is 1. The lowest BCUT2D eigenvalue weighted by Crippen LogP contribution is -2.44. The predicted octanol–water partition coefficient (Wildman–Crippen LogP) is 1.63. The first-order valence-corrected chi connectivity index (χ1v) is 11.7. The van der Waals surface area contributed by atoms with Crippen molar-refractivity contribution in [2.24, 2.45) is 0 Å². The summed E-state index contributed by atoms with van der Waals surface area (Å²) >= 11 is 3.25. The Morgan fingerprint density at radius 3 is 2.83 bits per heavy atom. The Labute approximate surface area is 181 Å². The molecular formula is C19H24N6O3S2. The summed E-state index contributed by atoms with van der Waals surface area (Å²) in [5.74, 6) is 1.47. The zero-order valence-corrected chi connectivity index (χ0v) is 18.1. The largest absolute Gasteiger partial charge is 0.388 e. The van der Waals surface area contributed by atoms with Crippen molar-refractivity contribution in [2.75, 3.05) is 17.6 Å². The molecule has 4 rings (SSSR count). The fourth-order valence-corrected chi connectivity index (χ4v) is 4.64. The topological polar surface area (TPSA) is 129 Å². The monoisotopic (exact) mass is 448 g/mol. The van der Waals surface area contributed by atoms with Crippen LogP contribution in [0.25, 0.3) is 11.2 Å². The molecular weight excluding hydrogens is 424 g/mol. The molecule has 3 heterocycles. The van der Waals surface area contributed by atoms with E-state index in [2.05, 4.69) is 44.0 Å². The van der Waals surface area contributed by atoms with Gasteiger partial charge >= 0.3 is 0 Å². The van der Waals surface area contributed by atoms with Gasteiger partial charge in [-0.3, -0.25) is 0 Å². The summed E-state index contributed by atoms with van der Waals surface area (Å²) < 4.78 is 1.48. The van der Waals surface area contributed by atoms with E-state index in [9.17, 15) is 15.3 Å². The Morgan fingerprint density at radius 1 is 1.20 bits per heavy atom. The van der Waals surface area contributed by atoms with E-state index in [1.54, 1.807) is 29.2 Å². The lowest BCUT2D eigenvalue weighted by atomic mass is 9.94. The number of hydrogen-bond acceptors (Lipinski definition) is 10. The lowest BCUT2D eigenvalue weighted by Gasteiger charge is -2.30. The normalized spacial score (nSPS) is 23.9. The van der Waals surface area contributed by atoms with E-state index >= 15 is 0 Å². The van der Waals surface area contributed by atoms with Gasteiger partial charge in [0.1, 0.15) is 24.4 Å². The number of anilines is 1. The molecule has 4 N–H and O–H groups in total. The van der Waals surface area contributed by atoms with E-state index in [1.165, 1.54) is 15.6 Å². The second kappa shape index (κ2) is 9.40. The number of nitrogens with one attached hydrogen (secondary N) is 1. The Morgan fingerprint density at radius 2 is 2.07 bits per heavy atom. The minimum absolute atomic E-state index is 0.472. The van der Waals surface area contributed by atoms with Crippen molar-refractivity contribution in [3.63, 3.8) is 0 Å². The maximum absolute atomic E-state index is 10.5. The zero-order valence-electron chi connectivity index (χ0n) is 16.4. The summed E-state index contributed by atoms with van der Waals surface area (Å²) in [5.41, 5.74) is 0.975. The Hall–Kier alpha value is -2.05. The van der Waals surface area contributed by atoms with Crippen LogP contribution in [0, 0.1) is 0 Å². The number of hydrogen-bond donors (Lipinski definition) is 4. The second-order valence-corrected chi connectivity index (χ2v) is 9.11. The van der Waals surface area contributed by atoms with Crippen molar-refractivity contribution in [3.8, 4) is 0 Å². The van der Waals surface area contributed by atoms with Gasteiger partial charge in [0, 0.05) is 17.2 Å². The zero-order chi connectivity index (χ0) is 21.1. The third-order valence-corrected chi connectivity index (χ3v) is 6.81. The van der Waals surface area contributed by atoms with Crippen LogP contribution in [-0.4, -0.2) is 70.9 Å². The molecule has 0 amide bonds. The van der Waals surface area contributed by atoms with Crippen LogP contribution in [0.1, 0.15) is 24.3 Å². The van der Waals surface area contributed by atoms with E-state index in [1.807, 2.05) is 6.07 Å². The molecule has 0 saturated heterocycles. The molecule has 0 aromatic carbocycles. The molecule has 3 aromatic heterocycles. The molecule has 4 atom stereocenters. The summed E-state index contributed by atoms with van der Waals surface area (Å²) in [6, 6.07) is 3.44. The second-order valence-electron chi connectivity index (χ2n) is 7.01. The van der Waals surface area contributed by atoms with E-state index < -0.39 is 24.4 Å². The Bertz CT molecular complexity index is 1010. The molecule has 0 aliphatic heterocycles. The van der Waals surface area contributed by atoms with Crippen LogP contribution in [0.2, 0.25) is 0 Å². The fraction of sp³-hybridized carbons (Fsp3) is 0.474. The minimum atomic E-state index is -1.31. The first-order chi connectivity index (χ1) is 14.6. The first kappa shape index (κ1) is 21.2. The maximum Gasteiger partial charge on any atom is 0.191 e.